The van der Waals surface area contributed by atoms with Gasteiger partial charge < -0.3 is 0 Å². The van der Waals surface area contributed by atoms with Gasteiger partial charge in [0, 0.05) is 23.0 Å². The number of imidazole rings is 1. The summed E-state index contributed by atoms with van der Waals surface area (Å²) >= 11 is -2.39. The van der Waals surface area contributed by atoms with E-state index in [0.717, 1.165) is 83.3 Å². The molecule has 14 rings (SSSR count). The van der Waals surface area contributed by atoms with Gasteiger partial charge in [-0.05, 0) is 41.3 Å². The van der Waals surface area contributed by atoms with E-state index in [9.17, 15) is 2.74 Å². The predicted molar refractivity (Wildman–Crippen MR) is 326 cm³/mol. The van der Waals surface area contributed by atoms with Crippen molar-refractivity contribution >= 4 is 63.8 Å². The topological polar surface area (TPSA) is 35.9 Å². The van der Waals surface area contributed by atoms with Crippen molar-refractivity contribution in [2.24, 2.45) is 0 Å². The van der Waals surface area contributed by atoms with Crippen LogP contribution in [0.1, 0.15) is 33.2 Å². The molecule has 5 nitrogen and oxygen atoms in total. The first-order valence-corrected chi connectivity index (χ1v) is 36.7. The number of benzene rings is 9. The fourth-order valence-corrected chi connectivity index (χ4v) is 30.3. The van der Waals surface area contributed by atoms with E-state index in [2.05, 4.69) is 205 Å². The molecule has 0 saturated heterocycles. The average Bonchev–Trinajstić information content (AvgIpc) is 3.55. The van der Waals surface area contributed by atoms with Crippen LogP contribution in [0.25, 0.3) is 106 Å². The molecule has 5 heterocycles. The van der Waals surface area contributed by atoms with Crippen LogP contribution < -0.4 is 18.9 Å². The van der Waals surface area contributed by atoms with E-state index in [1.54, 1.807) is 9.58 Å². The molecule has 0 radical (unpaired) electrons. The molecule has 2 aliphatic heterocycles. The Kier molecular flexibility index (Phi) is 9.72. The number of ether oxygens (including phenoxy) is 1. The van der Waals surface area contributed by atoms with Gasteiger partial charge >= 0.3 is 310 Å². The number of rotatable bonds is 6. The molecule has 0 saturated carbocycles. The molecule has 0 fully saturated rings. The normalized spacial score (nSPS) is 15.2. The Hall–Kier alpha value is -8.04. The van der Waals surface area contributed by atoms with Gasteiger partial charge in [-0.25, -0.2) is 4.98 Å². The van der Waals surface area contributed by atoms with Crippen LogP contribution in [-0.2, 0) is 5.41 Å². The Morgan fingerprint density at radius 3 is 2.05 bits per heavy atom. The zero-order valence-electron chi connectivity index (χ0n) is 49.4. The fraction of sp³-hybridized carbons (Fsp3) is 0.143. The third kappa shape index (κ3) is 7.86. The van der Waals surface area contributed by atoms with Crippen LogP contribution in [-0.4, -0.2) is 35.5 Å². The third-order valence-electron chi connectivity index (χ3n) is 16.5. The van der Waals surface area contributed by atoms with Crippen LogP contribution >= 0.6 is 0 Å². The smallest absolute Gasteiger partial charge is 0.0617 e. The minimum absolute atomic E-state index is 0.0686. The molecule has 3 aromatic heterocycles. The van der Waals surface area contributed by atoms with Crippen LogP contribution in [0.2, 0.25) is 35.9 Å². The summed E-state index contributed by atoms with van der Waals surface area (Å²) in [6.07, 6.45) is 5.80. The van der Waals surface area contributed by atoms with Gasteiger partial charge in [-0.1, -0.05) is 57.1 Å². The summed E-state index contributed by atoms with van der Waals surface area (Å²) in [5.74, 6) is 7.29. The molecule has 9 aromatic carbocycles. The van der Waals surface area contributed by atoms with Gasteiger partial charge in [-0.3, -0.25) is 4.57 Å². The standard InChI is InChI=1S/C70H60GeN4OSi/c1-70(2,3)49-35-37-72-67(42-49)75-63-30-16-15-27-58(63)59-33-32-52(44-64(59)75)76-51-22-17-21-50(43-51)73-45-74-68-53(46-19-9-8-10-20-46)28-18-29-60(68)56-25-13-11-23-54(56)55-24-12-14-26-57(55)61-39-48(41-65(73)69(61)74)47-31-34-66-62(40-47)71(4,5)36-38-77(66,6)7/h8-35,37,39-44H,36,38H2,1-7H3/i8D,9D,10D,19D,20D. The molecule has 374 valence electrons. The van der Waals surface area contributed by atoms with Gasteiger partial charge in [-0.15, -0.1) is 0 Å². The van der Waals surface area contributed by atoms with Crippen molar-refractivity contribution in [3.8, 4) is 84.3 Å². The molecule has 77 heavy (non-hydrogen) atoms. The quantitative estimate of drug-likeness (QED) is 0.0945. The number of hydrogen-bond acceptors (Lipinski definition) is 2. The molecular weight excluding hydrogens is 1010 g/mol. The SMILES string of the molecule is [2H]c1c([2H])c([2H])c(-c2cccc3c2-[n+]2[c-]n(-c4cccc(Oc5ccc6c7ccccc7n(-c7cc(C(C)(C)C)ccn7)c6c5)c4)c4cc(-c5ccc6[c](c5)[Ge]([CH3])([CH3])[CH2]C[Si]6(C)C)cc(c42)-c2ccccc2-c2ccccc2-3)c([2H])c1[2H]. The molecule has 7 heteroatoms. The molecule has 0 spiro atoms. The predicted octanol–water partition coefficient (Wildman–Crippen LogP) is 16.8. The van der Waals surface area contributed by atoms with Crippen LogP contribution in [0, 0.1) is 6.33 Å². The Balaban J connectivity index is 1.03. The zero-order chi connectivity index (χ0) is 56.7. The maximum absolute atomic E-state index is 9.42. The molecule has 0 bridgehead atoms. The van der Waals surface area contributed by atoms with Crippen molar-refractivity contribution in [1.82, 2.24) is 14.1 Å². The first kappa shape index (κ1) is 42.1. The molecule has 0 aliphatic carbocycles. The van der Waals surface area contributed by atoms with E-state index in [-0.39, 0.29) is 23.1 Å². The van der Waals surface area contributed by atoms with Crippen LogP contribution in [0.3, 0.4) is 0 Å². The summed E-state index contributed by atoms with van der Waals surface area (Å²) in [6, 6.07) is 61.6. The van der Waals surface area contributed by atoms with Gasteiger partial charge in [-0.2, -0.15) is 0 Å². The Labute approximate surface area is 462 Å². The molecular formula is C70H60GeN4OSi. The molecule has 12 aromatic rings. The van der Waals surface area contributed by atoms with Crippen molar-refractivity contribution in [2.75, 3.05) is 0 Å². The van der Waals surface area contributed by atoms with Gasteiger partial charge in [0.1, 0.15) is 5.82 Å². The molecule has 2 aliphatic rings. The number of para-hydroxylation sites is 2. The first-order chi connectivity index (χ1) is 39.4. The summed E-state index contributed by atoms with van der Waals surface area (Å²) < 4.78 is 60.3. The Bertz CT molecular complexity index is 4660. The van der Waals surface area contributed by atoms with Gasteiger partial charge in [0.15, 0.2) is 0 Å². The second kappa shape index (κ2) is 17.8. The number of aromatic nitrogens is 4. The first-order valence-electron chi connectivity index (χ1n) is 29.2. The fourth-order valence-electron chi connectivity index (χ4n) is 12.3. The molecule has 0 unspecified atom stereocenters. The summed E-state index contributed by atoms with van der Waals surface area (Å²) in [4.78, 5) is 4.93. The number of hydrogen-bond donors (Lipinski definition) is 0. The van der Waals surface area contributed by atoms with Crippen molar-refractivity contribution in [3.05, 3.63) is 224 Å². The Morgan fingerprint density at radius 2 is 1.27 bits per heavy atom. The molecule has 0 N–H and O–H groups in total. The second-order valence-corrected chi connectivity index (χ2v) is 38.2. The third-order valence-corrected chi connectivity index (χ3v) is 28.5. The minimum Gasteiger partial charge on any atom is -0.0617 e. The summed E-state index contributed by atoms with van der Waals surface area (Å²) in [5, 5.41) is 5.17. The van der Waals surface area contributed by atoms with Crippen LogP contribution in [0.5, 0.6) is 11.5 Å². The number of pyridine rings is 1. The molecule has 0 atom stereocenters. The van der Waals surface area contributed by atoms with Crippen molar-refractivity contribution < 1.29 is 16.2 Å². The molecule has 0 amide bonds. The summed E-state index contributed by atoms with van der Waals surface area (Å²) in [7, 11) is -1.64. The minimum atomic E-state index is -2.39. The van der Waals surface area contributed by atoms with E-state index < -0.39 is 39.5 Å². The second-order valence-electron chi connectivity index (χ2n) is 23.3. The maximum atomic E-state index is 9.42. The van der Waals surface area contributed by atoms with E-state index in [1.165, 1.54) is 22.4 Å². The summed E-state index contributed by atoms with van der Waals surface area (Å²) in [5.41, 5.74) is 15.0. The van der Waals surface area contributed by atoms with Gasteiger partial charge in [0.25, 0.3) is 0 Å². The number of nitrogens with zero attached hydrogens (tertiary/aromatic N) is 4. The van der Waals surface area contributed by atoms with Gasteiger partial charge in [0.05, 0.1) is 17.9 Å². The van der Waals surface area contributed by atoms with Crippen LogP contribution in [0.4, 0.5) is 0 Å². The number of fused-ring (bicyclic) bond motifs is 11. The van der Waals surface area contributed by atoms with Crippen LogP contribution in [0.15, 0.2) is 212 Å². The monoisotopic (exact) mass is 1080 g/mol. The van der Waals surface area contributed by atoms with Crippen molar-refractivity contribution in [1.29, 1.82) is 0 Å². The van der Waals surface area contributed by atoms with E-state index in [0.29, 0.717) is 22.7 Å². The van der Waals surface area contributed by atoms with E-state index in [4.69, 9.17) is 13.8 Å². The van der Waals surface area contributed by atoms with Crippen molar-refractivity contribution in [2.45, 2.75) is 62.1 Å². The average molecular weight is 1080 g/mol. The summed E-state index contributed by atoms with van der Waals surface area (Å²) in [6.45, 7) is 11.7. The zero-order valence-corrected chi connectivity index (χ0v) is 47.5. The van der Waals surface area contributed by atoms with E-state index in [1.807, 2.05) is 42.6 Å². The van der Waals surface area contributed by atoms with Gasteiger partial charge in [0.2, 0.25) is 0 Å². The van der Waals surface area contributed by atoms with Crippen molar-refractivity contribution in [3.63, 3.8) is 0 Å². The Morgan fingerprint density at radius 1 is 0.597 bits per heavy atom. The van der Waals surface area contributed by atoms with E-state index >= 15 is 0 Å².